The molecule has 0 spiro atoms. The van der Waals surface area contributed by atoms with Crippen molar-refractivity contribution in [2.45, 2.75) is 33.3 Å². The number of para-hydroxylation sites is 1. The molecule has 1 aromatic carbocycles. The standard InChI is InChI=1S/C15H18N2/c1-11-7-4-5-8-14(11)17-12(2)15-9-6-10-16(15)13(17)3/h4-8,10,13H,9H2,1-3H3/i3D3. The van der Waals surface area contributed by atoms with E-state index in [1.807, 2.05) is 60.2 Å². The normalized spacial score (nSPS) is 26.0. The molecule has 0 saturated carbocycles. The van der Waals surface area contributed by atoms with Crippen molar-refractivity contribution in [3.63, 3.8) is 0 Å². The number of hydrogen-bond donors (Lipinski definition) is 0. The second-order valence-electron chi connectivity index (χ2n) is 4.56. The lowest BCUT2D eigenvalue weighted by Gasteiger charge is -2.30. The molecule has 2 heterocycles. The van der Waals surface area contributed by atoms with Crippen LogP contribution in [0, 0.1) is 6.92 Å². The highest BCUT2D eigenvalue weighted by Crippen LogP contribution is 2.39. The summed E-state index contributed by atoms with van der Waals surface area (Å²) in [6.45, 7) is 1.95. The van der Waals surface area contributed by atoms with E-state index >= 15 is 0 Å². The summed E-state index contributed by atoms with van der Waals surface area (Å²) in [4.78, 5) is 3.86. The number of allylic oxidation sites excluding steroid dienone is 2. The van der Waals surface area contributed by atoms with Gasteiger partial charge in [-0.15, -0.1) is 0 Å². The summed E-state index contributed by atoms with van der Waals surface area (Å²) in [6.07, 6.45) is 4.08. The van der Waals surface area contributed by atoms with E-state index in [-0.39, 0.29) is 0 Å². The maximum absolute atomic E-state index is 7.91. The first-order valence-corrected chi connectivity index (χ1v) is 5.91. The third-order valence-electron chi connectivity index (χ3n) is 3.55. The summed E-state index contributed by atoms with van der Waals surface area (Å²) >= 11 is 0. The molecular weight excluding hydrogens is 208 g/mol. The molecule has 1 unspecified atom stereocenters. The van der Waals surface area contributed by atoms with Gasteiger partial charge < -0.3 is 9.80 Å². The maximum Gasteiger partial charge on any atom is 0.107 e. The van der Waals surface area contributed by atoms with Gasteiger partial charge in [-0.1, -0.05) is 24.3 Å². The van der Waals surface area contributed by atoms with Crippen molar-refractivity contribution in [3.8, 4) is 0 Å². The Kier molecular flexibility index (Phi) is 1.63. The average molecular weight is 229 g/mol. The number of fused-ring (bicyclic) bond motifs is 1. The zero-order chi connectivity index (χ0) is 14.5. The first kappa shape index (κ1) is 7.59. The van der Waals surface area contributed by atoms with E-state index in [0.717, 1.165) is 29.1 Å². The molecule has 0 aliphatic carbocycles. The SMILES string of the molecule is [2H]C([2H])([2H])C1N2C=CCC2=C(C)N1c1ccccc1C. The summed E-state index contributed by atoms with van der Waals surface area (Å²) < 4.78 is 23.7. The van der Waals surface area contributed by atoms with Crippen LogP contribution in [0.4, 0.5) is 5.69 Å². The smallest absolute Gasteiger partial charge is 0.107 e. The fourth-order valence-corrected chi connectivity index (χ4v) is 2.63. The van der Waals surface area contributed by atoms with E-state index in [1.165, 1.54) is 0 Å². The summed E-state index contributed by atoms with van der Waals surface area (Å²) in [7, 11) is 0. The molecule has 0 amide bonds. The first-order valence-electron chi connectivity index (χ1n) is 7.41. The van der Waals surface area contributed by atoms with Gasteiger partial charge in [0.15, 0.2) is 0 Å². The van der Waals surface area contributed by atoms with Crippen LogP contribution in [0.25, 0.3) is 0 Å². The monoisotopic (exact) mass is 229 g/mol. The first-order chi connectivity index (χ1) is 9.41. The molecule has 0 aromatic heterocycles. The fraction of sp³-hybridized carbons (Fsp3) is 0.333. The number of anilines is 1. The minimum Gasteiger partial charge on any atom is -0.329 e. The summed E-state index contributed by atoms with van der Waals surface area (Å²) in [5.41, 5.74) is 4.19. The van der Waals surface area contributed by atoms with Gasteiger partial charge in [-0.3, -0.25) is 0 Å². The predicted molar refractivity (Wildman–Crippen MR) is 71.4 cm³/mol. The third-order valence-corrected chi connectivity index (χ3v) is 3.55. The van der Waals surface area contributed by atoms with E-state index in [2.05, 4.69) is 0 Å². The Morgan fingerprint density at radius 1 is 1.29 bits per heavy atom. The molecule has 3 rings (SSSR count). The molecule has 2 aliphatic rings. The van der Waals surface area contributed by atoms with Gasteiger partial charge in [0, 0.05) is 33.8 Å². The van der Waals surface area contributed by atoms with Crippen LogP contribution in [0.1, 0.15) is 29.9 Å². The largest absolute Gasteiger partial charge is 0.329 e. The quantitative estimate of drug-likeness (QED) is 0.726. The van der Waals surface area contributed by atoms with Crippen LogP contribution in [0.5, 0.6) is 0 Å². The van der Waals surface area contributed by atoms with E-state index < -0.39 is 13.0 Å². The number of aryl methyl sites for hydroxylation is 1. The molecule has 2 aliphatic heterocycles. The van der Waals surface area contributed by atoms with Gasteiger partial charge in [-0.05, 0) is 32.3 Å². The number of rotatable bonds is 1. The van der Waals surface area contributed by atoms with Crippen molar-refractivity contribution < 1.29 is 4.11 Å². The molecule has 0 bridgehead atoms. The Bertz CT molecular complexity index is 601. The lowest BCUT2D eigenvalue weighted by molar-refractivity contribution is 0.405. The van der Waals surface area contributed by atoms with Crippen LogP contribution in [0.3, 0.4) is 0 Å². The van der Waals surface area contributed by atoms with Crippen LogP contribution in [-0.2, 0) is 0 Å². The van der Waals surface area contributed by atoms with Gasteiger partial charge in [0.05, 0.1) is 0 Å². The zero-order valence-electron chi connectivity index (χ0n) is 13.1. The summed E-state index contributed by atoms with van der Waals surface area (Å²) in [6, 6.07) is 7.94. The molecular formula is C15H18N2. The molecule has 0 fully saturated rings. The highest BCUT2D eigenvalue weighted by atomic mass is 15.4. The van der Waals surface area contributed by atoms with Gasteiger partial charge in [-0.2, -0.15) is 0 Å². The molecule has 2 heteroatoms. The van der Waals surface area contributed by atoms with Gasteiger partial charge >= 0.3 is 0 Å². The second-order valence-corrected chi connectivity index (χ2v) is 4.56. The van der Waals surface area contributed by atoms with Crippen molar-refractivity contribution in [3.05, 3.63) is 53.5 Å². The van der Waals surface area contributed by atoms with Crippen LogP contribution in [0.2, 0.25) is 0 Å². The molecule has 0 N–H and O–H groups in total. The molecule has 17 heavy (non-hydrogen) atoms. The molecule has 0 radical (unpaired) electrons. The summed E-state index contributed by atoms with van der Waals surface area (Å²) in [5.74, 6) is 0. The third kappa shape index (κ3) is 1.40. The van der Waals surface area contributed by atoms with Crippen LogP contribution in [-0.4, -0.2) is 11.1 Å². The fourth-order valence-electron chi connectivity index (χ4n) is 2.63. The van der Waals surface area contributed by atoms with Crippen molar-refractivity contribution in [1.29, 1.82) is 0 Å². The molecule has 2 nitrogen and oxygen atoms in total. The zero-order valence-corrected chi connectivity index (χ0v) is 10.1. The second kappa shape index (κ2) is 3.66. The number of hydrogen-bond acceptors (Lipinski definition) is 2. The maximum atomic E-state index is 7.91. The van der Waals surface area contributed by atoms with Crippen molar-refractivity contribution in [1.82, 2.24) is 4.90 Å². The molecule has 1 atom stereocenters. The Morgan fingerprint density at radius 3 is 2.88 bits per heavy atom. The Balaban J connectivity index is 2.13. The van der Waals surface area contributed by atoms with Crippen molar-refractivity contribution in [2.75, 3.05) is 4.90 Å². The highest BCUT2D eigenvalue weighted by molar-refractivity contribution is 5.61. The minimum absolute atomic E-state index is 0.641. The highest BCUT2D eigenvalue weighted by Gasteiger charge is 2.34. The van der Waals surface area contributed by atoms with E-state index in [9.17, 15) is 0 Å². The number of nitrogens with zero attached hydrogens (tertiary/aromatic N) is 2. The Morgan fingerprint density at radius 2 is 2.12 bits per heavy atom. The molecule has 88 valence electrons. The van der Waals surface area contributed by atoms with Gasteiger partial charge in [-0.25, -0.2) is 0 Å². The predicted octanol–water partition coefficient (Wildman–Crippen LogP) is 3.61. The topological polar surface area (TPSA) is 6.48 Å². The number of benzene rings is 1. The Hall–Kier alpha value is -1.70. The average Bonchev–Trinajstić information content (AvgIpc) is 2.91. The van der Waals surface area contributed by atoms with Crippen molar-refractivity contribution >= 4 is 5.69 Å². The van der Waals surface area contributed by atoms with E-state index in [1.54, 1.807) is 0 Å². The van der Waals surface area contributed by atoms with Gasteiger partial charge in [0.25, 0.3) is 0 Å². The lowest BCUT2D eigenvalue weighted by atomic mass is 10.1. The van der Waals surface area contributed by atoms with E-state index in [4.69, 9.17) is 4.11 Å². The molecule has 0 saturated heterocycles. The summed E-state index contributed by atoms with van der Waals surface area (Å²) in [5, 5.41) is 0. The van der Waals surface area contributed by atoms with Gasteiger partial charge in [0.2, 0.25) is 0 Å². The van der Waals surface area contributed by atoms with Crippen LogP contribution >= 0.6 is 0 Å². The Labute approximate surface area is 107 Å². The van der Waals surface area contributed by atoms with Crippen LogP contribution < -0.4 is 4.90 Å². The lowest BCUT2D eigenvalue weighted by Crippen LogP contribution is -2.34. The molecule has 1 aromatic rings. The van der Waals surface area contributed by atoms with Gasteiger partial charge in [0.1, 0.15) is 6.17 Å². The van der Waals surface area contributed by atoms with E-state index in [0.29, 0.717) is 0 Å². The van der Waals surface area contributed by atoms with Crippen LogP contribution in [0.15, 0.2) is 47.9 Å². The van der Waals surface area contributed by atoms with Crippen molar-refractivity contribution in [2.24, 2.45) is 0 Å². The minimum atomic E-state index is -2.07.